The van der Waals surface area contributed by atoms with Crippen LogP contribution in [0.25, 0.3) is 0 Å². The average molecular weight is 283 g/mol. The molecular weight excluding hydrogens is 264 g/mol. The van der Waals surface area contributed by atoms with Gasteiger partial charge in [0.1, 0.15) is 11.6 Å². The molecule has 0 saturated carbocycles. The van der Waals surface area contributed by atoms with Crippen molar-refractivity contribution >= 4 is 12.0 Å². The standard InChI is InChI=1S/C15H19F2NO2/c1-9(5-12(17)10(2)16)18-8-11-13(19)6-15(3,4)7-14(11)20/h5,8,19H,6-7H2,1-4H3/b9-5+,12-10-,18-8?. The van der Waals surface area contributed by atoms with Gasteiger partial charge in [-0.25, -0.2) is 8.78 Å². The first-order valence-electron chi connectivity index (χ1n) is 6.32. The van der Waals surface area contributed by atoms with Crippen molar-refractivity contribution in [1.29, 1.82) is 0 Å². The number of allylic oxidation sites excluding steroid dienone is 6. The number of nitrogens with zero attached hydrogens (tertiary/aromatic N) is 1. The fourth-order valence-corrected chi connectivity index (χ4v) is 1.93. The van der Waals surface area contributed by atoms with Crippen LogP contribution < -0.4 is 0 Å². The second kappa shape index (κ2) is 6.11. The SMILES string of the molecule is C/C(F)=C(F)\C=C(/C)N=CC1=C(O)CC(C)(C)CC1=O. The minimum Gasteiger partial charge on any atom is -0.511 e. The summed E-state index contributed by atoms with van der Waals surface area (Å²) in [6, 6.07) is 0. The van der Waals surface area contributed by atoms with Gasteiger partial charge in [0.25, 0.3) is 0 Å². The highest BCUT2D eigenvalue weighted by Crippen LogP contribution is 2.35. The smallest absolute Gasteiger partial charge is 0.168 e. The predicted octanol–water partition coefficient (Wildman–Crippen LogP) is 4.33. The maximum absolute atomic E-state index is 13.0. The zero-order valence-corrected chi connectivity index (χ0v) is 12.1. The molecular formula is C15H19F2NO2. The van der Waals surface area contributed by atoms with Crippen molar-refractivity contribution in [2.75, 3.05) is 0 Å². The molecule has 0 aliphatic heterocycles. The van der Waals surface area contributed by atoms with Crippen molar-refractivity contribution in [2.45, 2.75) is 40.5 Å². The summed E-state index contributed by atoms with van der Waals surface area (Å²) in [7, 11) is 0. The molecule has 0 spiro atoms. The summed E-state index contributed by atoms with van der Waals surface area (Å²) < 4.78 is 25.6. The first-order chi connectivity index (χ1) is 9.12. The molecule has 0 atom stereocenters. The Labute approximate surface area is 117 Å². The highest BCUT2D eigenvalue weighted by Gasteiger charge is 2.32. The van der Waals surface area contributed by atoms with Crippen LogP contribution in [-0.2, 0) is 4.79 Å². The van der Waals surface area contributed by atoms with Crippen LogP contribution >= 0.6 is 0 Å². The van der Waals surface area contributed by atoms with Crippen molar-refractivity contribution in [3.8, 4) is 0 Å². The van der Waals surface area contributed by atoms with Gasteiger partial charge in [-0.05, 0) is 25.3 Å². The first kappa shape index (κ1) is 16.3. The Morgan fingerprint density at radius 3 is 2.40 bits per heavy atom. The summed E-state index contributed by atoms with van der Waals surface area (Å²) in [5, 5.41) is 9.86. The normalized spacial score (nSPS) is 21.5. The Morgan fingerprint density at radius 2 is 1.90 bits per heavy atom. The third kappa shape index (κ3) is 4.40. The largest absolute Gasteiger partial charge is 0.511 e. The molecule has 0 bridgehead atoms. The highest BCUT2D eigenvalue weighted by atomic mass is 19.2. The topological polar surface area (TPSA) is 49.7 Å². The molecule has 0 saturated heterocycles. The number of rotatable bonds is 3. The molecule has 0 fully saturated rings. The number of hydrogen-bond acceptors (Lipinski definition) is 3. The quantitative estimate of drug-likeness (QED) is 0.619. The van der Waals surface area contributed by atoms with Crippen LogP contribution in [0.4, 0.5) is 8.78 Å². The summed E-state index contributed by atoms with van der Waals surface area (Å²) in [6.07, 6.45) is 2.85. The van der Waals surface area contributed by atoms with Crippen molar-refractivity contribution in [1.82, 2.24) is 0 Å². The van der Waals surface area contributed by atoms with Crippen LogP contribution in [0.15, 0.2) is 39.8 Å². The third-order valence-corrected chi connectivity index (χ3v) is 2.96. The lowest BCUT2D eigenvalue weighted by Crippen LogP contribution is -2.26. The number of carbonyl (C=O) groups is 1. The molecule has 0 unspecified atom stereocenters. The van der Waals surface area contributed by atoms with Crippen molar-refractivity contribution < 1.29 is 18.7 Å². The van der Waals surface area contributed by atoms with Crippen molar-refractivity contribution in [3.05, 3.63) is 34.8 Å². The van der Waals surface area contributed by atoms with E-state index in [1.807, 2.05) is 13.8 Å². The molecule has 110 valence electrons. The molecule has 1 rings (SSSR count). The Morgan fingerprint density at radius 1 is 1.30 bits per heavy atom. The second-order valence-corrected chi connectivity index (χ2v) is 5.73. The van der Waals surface area contributed by atoms with Crippen LogP contribution in [0.2, 0.25) is 0 Å². The number of halogens is 2. The summed E-state index contributed by atoms with van der Waals surface area (Å²) >= 11 is 0. The number of Topliss-reactive ketones (excluding diaryl/α,β-unsaturated/α-hetero) is 1. The molecule has 1 N–H and O–H groups in total. The number of ketones is 1. The van der Waals surface area contributed by atoms with Gasteiger partial charge in [0, 0.05) is 24.8 Å². The minimum absolute atomic E-state index is 0.0134. The first-order valence-corrected chi connectivity index (χ1v) is 6.32. The van der Waals surface area contributed by atoms with E-state index in [4.69, 9.17) is 0 Å². The molecule has 20 heavy (non-hydrogen) atoms. The van der Waals surface area contributed by atoms with Gasteiger partial charge in [0.05, 0.1) is 5.57 Å². The van der Waals surface area contributed by atoms with Gasteiger partial charge in [0.2, 0.25) is 0 Å². The van der Waals surface area contributed by atoms with Gasteiger partial charge in [-0.15, -0.1) is 0 Å². The van der Waals surface area contributed by atoms with E-state index < -0.39 is 11.7 Å². The van der Waals surface area contributed by atoms with E-state index in [1.54, 1.807) is 0 Å². The van der Waals surface area contributed by atoms with Crippen LogP contribution in [-0.4, -0.2) is 17.1 Å². The van der Waals surface area contributed by atoms with Gasteiger partial charge in [-0.3, -0.25) is 9.79 Å². The minimum atomic E-state index is -1.01. The van der Waals surface area contributed by atoms with E-state index in [1.165, 1.54) is 13.1 Å². The van der Waals surface area contributed by atoms with Gasteiger partial charge in [0.15, 0.2) is 11.6 Å². The number of aliphatic imine (C=N–C) groups is 1. The molecule has 0 amide bonds. The van der Waals surface area contributed by atoms with E-state index in [-0.39, 0.29) is 28.2 Å². The van der Waals surface area contributed by atoms with Crippen molar-refractivity contribution in [3.63, 3.8) is 0 Å². The molecule has 0 heterocycles. The van der Waals surface area contributed by atoms with Gasteiger partial charge in [-0.2, -0.15) is 0 Å². The van der Waals surface area contributed by atoms with E-state index in [9.17, 15) is 18.7 Å². The Kier molecular flexibility index (Phi) is 4.98. The predicted molar refractivity (Wildman–Crippen MR) is 74.8 cm³/mol. The lowest BCUT2D eigenvalue weighted by molar-refractivity contribution is -0.117. The van der Waals surface area contributed by atoms with E-state index in [0.29, 0.717) is 12.8 Å². The zero-order valence-electron chi connectivity index (χ0n) is 12.1. The monoisotopic (exact) mass is 283 g/mol. The van der Waals surface area contributed by atoms with Crippen LogP contribution in [0.3, 0.4) is 0 Å². The maximum Gasteiger partial charge on any atom is 0.168 e. The Hall–Kier alpha value is -1.78. The lowest BCUT2D eigenvalue weighted by atomic mass is 9.77. The number of aliphatic hydroxyl groups excluding tert-OH is 1. The molecule has 0 radical (unpaired) electrons. The van der Waals surface area contributed by atoms with Gasteiger partial charge in [-0.1, -0.05) is 13.8 Å². The number of aliphatic hydroxyl groups is 1. The Bertz CT molecular complexity index is 536. The van der Waals surface area contributed by atoms with E-state index in [2.05, 4.69) is 4.99 Å². The lowest BCUT2D eigenvalue weighted by Gasteiger charge is -2.28. The number of hydrogen-bond donors (Lipinski definition) is 1. The van der Waals surface area contributed by atoms with Crippen LogP contribution in [0, 0.1) is 5.41 Å². The summed E-state index contributed by atoms with van der Waals surface area (Å²) in [4.78, 5) is 15.8. The van der Waals surface area contributed by atoms with Crippen LogP contribution in [0.1, 0.15) is 40.5 Å². The van der Waals surface area contributed by atoms with Crippen molar-refractivity contribution in [2.24, 2.45) is 10.4 Å². The van der Waals surface area contributed by atoms with E-state index >= 15 is 0 Å². The molecule has 5 heteroatoms. The Balaban J connectivity index is 2.96. The third-order valence-electron chi connectivity index (χ3n) is 2.96. The fraction of sp³-hybridized carbons (Fsp3) is 0.467. The highest BCUT2D eigenvalue weighted by molar-refractivity contribution is 6.14. The number of carbonyl (C=O) groups excluding carboxylic acids is 1. The molecule has 0 aromatic heterocycles. The average Bonchev–Trinajstić information content (AvgIpc) is 2.25. The molecule has 0 aromatic carbocycles. The zero-order chi connectivity index (χ0) is 15.5. The molecule has 0 aromatic rings. The van der Waals surface area contributed by atoms with E-state index in [0.717, 1.165) is 13.0 Å². The van der Waals surface area contributed by atoms with Gasteiger partial charge >= 0.3 is 0 Å². The van der Waals surface area contributed by atoms with Gasteiger partial charge < -0.3 is 5.11 Å². The second-order valence-electron chi connectivity index (χ2n) is 5.73. The summed E-state index contributed by atoms with van der Waals surface area (Å²) in [5.74, 6) is -2.15. The fourth-order valence-electron chi connectivity index (χ4n) is 1.93. The molecule has 1 aliphatic carbocycles. The summed E-state index contributed by atoms with van der Waals surface area (Å²) in [6.45, 7) is 6.27. The molecule has 3 nitrogen and oxygen atoms in total. The summed E-state index contributed by atoms with van der Waals surface area (Å²) in [5.41, 5.74) is 0.0692. The maximum atomic E-state index is 13.0. The van der Waals surface area contributed by atoms with Crippen LogP contribution in [0.5, 0.6) is 0 Å². The molecule has 1 aliphatic rings.